The molecule has 1 aliphatic carbocycles. The molecule has 2 aliphatic heterocycles. The van der Waals surface area contributed by atoms with E-state index in [1.807, 2.05) is 0 Å². The van der Waals surface area contributed by atoms with Gasteiger partial charge >= 0.3 is 0 Å². The van der Waals surface area contributed by atoms with Crippen LogP contribution in [0.3, 0.4) is 0 Å². The number of ether oxygens (including phenoxy) is 1. The van der Waals surface area contributed by atoms with Crippen LogP contribution in [0, 0.1) is 11.8 Å². The van der Waals surface area contributed by atoms with E-state index in [-0.39, 0.29) is 5.78 Å². The van der Waals surface area contributed by atoms with E-state index in [9.17, 15) is 9.59 Å². The molecule has 140 valence electrons. The Morgan fingerprint density at radius 2 is 1.72 bits per heavy atom. The van der Waals surface area contributed by atoms with Crippen LogP contribution in [0.5, 0.6) is 0 Å². The van der Waals surface area contributed by atoms with Crippen LogP contribution >= 0.6 is 0 Å². The van der Waals surface area contributed by atoms with E-state index < -0.39 is 0 Å². The van der Waals surface area contributed by atoms with E-state index in [2.05, 4.69) is 9.89 Å². The summed E-state index contributed by atoms with van der Waals surface area (Å²) in [7, 11) is 0. The average molecular weight is 348 g/mol. The van der Waals surface area contributed by atoms with Crippen molar-refractivity contribution in [3.8, 4) is 0 Å². The normalized spacial score (nSPS) is 22.1. The van der Waals surface area contributed by atoms with E-state index in [1.54, 1.807) is 0 Å². The number of nitrogens with zero attached hydrogens (tertiary/aromatic N) is 2. The molecule has 0 unspecified atom stereocenters. The van der Waals surface area contributed by atoms with Gasteiger partial charge in [0, 0.05) is 25.9 Å². The molecule has 0 aromatic carbocycles. The number of piperidine rings is 1. The Bertz CT molecular complexity index is 489. The van der Waals surface area contributed by atoms with Crippen molar-refractivity contribution >= 4 is 17.6 Å². The van der Waals surface area contributed by atoms with Gasteiger partial charge in [0.05, 0.1) is 6.54 Å². The van der Waals surface area contributed by atoms with Crippen LogP contribution in [-0.2, 0) is 14.3 Å². The maximum Gasteiger partial charge on any atom is 0.253 e. The first-order chi connectivity index (χ1) is 12.2. The van der Waals surface area contributed by atoms with Gasteiger partial charge in [0.2, 0.25) is 11.7 Å². The molecule has 25 heavy (non-hydrogen) atoms. The van der Waals surface area contributed by atoms with E-state index in [1.165, 1.54) is 25.7 Å². The molecule has 0 bridgehead atoms. The van der Waals surface area contributed by atoms with Gasteiger partial charge in [0.25, 0.3) is 5.90 Å². The van der Waals surface area contributed by atoms with Crippen LogP contribution in [0.15, 0.2) is 4.99 Å². The lowest BCUT2D eigenvalue weighted by Crippen LogP contribution is -2.38. The van der Waals surface area contributed by atoms with Crippen molar-refractivity contribution in [1.29, 1.82) is 0 Å². The van der Waals surface area contributed by atoms with Crippen LogP contribution in [0.25, 0.3) is 0 Å². The summed E-state index contributed by atoms with van der Waals surface area (Å²) in [6, 6.07) is 0. The Balaban J connectivity index is 1.27. The highest BCUT2D eigenvalue weighted by molar-refractivity contribution is 6.36. The van der Waals surface area contributed by atoms with Gasteiger partial charge in [0.15, 0.2) is 0 Å². The molecule has 5 nitrogen and oxygen atoms in total. The number of Topliss-reactive ketones (excluding diaryl/α,β-unsaturated/α-hetero) is 1. The van der Waals surface area contributed by atoms with Gasteiger partial charge < -0.3 is 9.64 Å². The zero-order valence-corrected chi connectivity index (χ0v) is 15.4. The maximum atomic E-state index is 12.4. The van der Waals surface area contributed by atoms with Gasteiger partial charge in [-0.15, -0.1) is 0 Å². The highest BCUT2D eigenvalue weighted by Gasteiger charge is 2.24. The zero-order chi connectivity index (χ0) is 17.5. The second-order valence-corrected chi connectivity index (χ2v) is 7.86. The molecule has 0 atom stereocenters. The highest BCUT2D eigenvalue weighted by Crippen LogP contribution is 2.29. The smallest absolute Gasteiger partial charge is 0.253 e. The first-order valence-electron chi connectivity index (χ1n) is 10.2. The van der Waals surface area contributed by atoms with Crippen molar-refractivity contribution < 1.29 is 14.3 Å². The largest absolute Gasteiger partial charge is 0.473 e. The average Bonchev–Trinajstić information content (AvgIpc) is 3.34. The molecule has 1 saturated carbocycles. The third-order valence-corrected chi connectivity index (χ3v) is 6.05. The summed E-state index contributed by atoms with van der Waals surface area (Å²) in [5.74, 6) is 2.20. The maximum absolute atomic E-state index is 12.4. The molecule has 2 heterocycles. The van der Waals surface area contributed by atoms with Crippen LogP contribution < -0.4 is 0 Å². The second-order valence-electron chi connectivity index (χ2n) is 7.86. The third kappa shape index (κ3) is 5.55. The van der Waals surface area contributed by atoms with Crippen molar-refractivity contribution in [2.24, 2.45) is 16.8 Å². The number of amides is 1. The fourth-order valence-corrected chi connectivity index (χ4v) is 4.42. The van der Waals surface area contributed by atoms with Gasteiger partial charge in [-0.1, -0.05) is 25.7 Å². The molecule has 1 saturated heterocycles. The Labute approximate surface area is 151 Å². The predicted octanol–water partition coefficient (Wildman–Crippen LogP) is 3.36. The fourth-order valence-electron chi connectivity index (χ4n) is 4.42. The minimum Gasteiger partial charge on any atom is -0.473 e. The lowest BCUT2D eigenvalue weighted by molar-refractivity contribution is -0.132. The molecule has 3 aliphatic rings. The lowest BCUT2D eigenvalue weighted by atomic mass is 9.90. The number of aliphatic imine (C=N–C) groups is 1. The summed E-state index contributed by atoms with van der Waals surface area (Å²) in [6.45, 7) is 2.97. The lowest BCUT2D eigenvalue weighted by Gasteiger charge is -2.32. The molecule has 1 amide bonds. The molecule has 3 rings (SSSR count). The molecule has 0 radical (unpaired) electrons. The quantitative estimate of drug-likeness (QED) is 0.676. The first-order valence-corrected chi connectivity index (χ1v) is 10.2. The molecule has 2 fully saturated rings. The summed E-state index contributed by atoms with van der Waals surface area (Å²) < 4.78 is 5.21. The minimum absolute atomic E-state index is 0.0528. The highest BCUT2D eigenvalue weighted by atomic mass is 16.5. The predicted molar refractivity (Wildman–Crippen MR) is 97.6 cm³/mol. The first kappa shape index (κ1) is 18.4. The molecule has 0 aromatic rings. The molecule has 0 N–H and O–H groups in total. The van der Waals surface area contributed by atoms with Crippen LogP contribution in [0.2, 0.25) is 0 Å². The van der Waals surface area contributed by atoms with E-state index in [4.69, 9.17) is 4.74 Å². The zero-order valence-electron chi connectivity index (χ0n) is 15.4. The number of ketones is 1. The summed E-state index contributed by atoms with van der Waals surface area (Å²) in [5, 5.41) is 0. The SMILES string of the molecule is O=C(CCCC1CCN(C(=O)CCC2CCCC2)CC1)C1=NCCO1. The van der Waals surface area contributed by atoms with Gasteiger partial charge in [-0.25, -0.2) is 4.99 Å². The summed E-state index contributed by atoms with van der Waals surface area (Å²) >= 11 is 0. The van der Waals surface area contributed by atoms with Gasteiger partial charge in [0.1, 0.15) is 6.61 Å². The van der Waals surface area contributed by atoms with Crippen molar-refractivity contribution in [3.63, 3.8) is 0 Å². The van der Waals surface area contributed by atoms with E-state index >= 15 is 0 Å². The molecule has 5 heteroatoms. The Morgan fingerprint density at radius 1 is 1.00 bits per heavy atom. The summed E-state index contributed by atoms with van der Waals surface area (Å²) in [4.78, 5) is 30.4. The Morgan fingerprint density at radius 3 is 2.40 bits per heavy atom. The Hall–Kier alpha value is -1.39. The standard InChI is InChI=1S/C20H32N2O3/c23-18(20-21-12-15-25-20)7-3-6-17-10-13-22(14-11-17)19(24)9-8-16-4-1-2-5-16/h16-17H,1-15H2. The van der Waals surface area contributed by atoms with E-state index in [0.29, 0.717) is 37.3 Å². The summed E-state index contributed by atoms with van der Waals surface area (Å²) in [6.07, 6.45) is 11.9. The van der Waals surface area contributed by atoms with Crippen molar-refractivity contribution in [3.05, 3.63) is 0 Å². The molecular formula is C20H32N2O3. The Kier molecular flexibility index (Phi) is 6.88. The van der Waals surface area contributed by atoms with Crippen LogP contribution in [0.4, 0.5) is 0 Å². The van der Waals surface area contributed by atoms with Crippen molar-refractivity contribution in [2.75, 3.05) is 26.2 Å². The van der Waals surface area contributed by atoms with Gasteiger partial charge in [-0.3, -0.25) is 9.59 Å². The summed E-state index contributed by atoms with van der Waals surface area (Å²) in [5.41, 5.74) is 0. The second kappa shape index (κ2) is 9.35. The number of carbonyl (C=O) groups excluding carboxylic acids is 2. The van der Waals surface area contributed by atoms with Crippen LogP contribution in [-0.4, -0.2) is 48.7 Å². The monoisotopic (exact) mass is 348 g/mol. The fraction of sp³-hybridized carbons (Fsp3) is 0.850. The number of rotatable bonds is 8. The van der Waals surface area contributed by atoms with Crippen molar-refractivity contribution in [2.45, 2.75) is 70.6 Å². The third-order valence-electron chi connectivity index (χ3n) is 6.05. The topological polar surface area (TPSA) is 59.0 Å². The molecular weight excluding hydrogens is 316 g/mol. The number of hydrogen-bond acceptors (Lipinski definition) is 4. The molecule has 0 spiro atoms. The number of likely N-dealkylation sites (tertiary alicyclic amines) is 1. The number of carbonyl (C=O) groups is 2. The molecule has 0 aromatic heterocycles. The van der Waals surface area contributed by atoms with E-state index in [0.717, 1.165) is 57.5 Å². The minimum atomic E-state index is 0.0528. The van der Waals surface area contributed by atoms with Gasteiger partial charge in [-0.05, 0) is 43.9 Å². The van der Waals surface area contributed by atoms with Gasteiger partial charge in [-0.2, -0.15) is 0 Å². The van der Waals surface area contributed by atoms with Crippen molar-refractivity contribution in [1.82, 2.24) is 4.90 Å². The van der Waals surface area contributed by atoms with Crippen LogP contribution in [0.1, 0.15) is 70.6 Å². The number of hydrogen-bond donors (Lipinski definition) is 0.